The largest absolute Gasteiger partial charge is 0.294 e. The molecule has 0 aliphatic carbocycles. The highest BCUT2D eigenvalue weighted by Gasteiger charge is 2.15. The van der Waals surface area contributed by atoms with Crippen molar-refractivity contribution >= 4 is 27.9 Å². The van der Waals surface area contributed by atoms with E-state index in [0.717, 1.165) is 23.7 Å². The number of rotatable bonds is 6. The van der Waals surface area contributed by atoms with Crippen LogP contribution in [-0.4, -0.2) is 24.0 Å². The summed E-state index contributed by atoms with van der Waals surface area (Å²) >= 11 is 0.721. The van der Waals surface area contributed by atoms with E-state index in [2.05, 4.69) is 9.37 Å². The molecular formula is C14H12O7S2. The minimum atomic E-state index is -4.39. The highest BCUT2D eigenvalue weighted by atomic mass is 32.2. The molecule has 0 saturated carbocycles. The van der Waals surface area contributed by atoms with Gasteiger partial charge in [-0.05, 0) is 30.7 Å². The maximum absolute atomic E-state index is 12.5. The van der Waals surface area contributed by atoms with Crippen LogP contribution in [-0.2, 0) is 19.5 Å². The molecule has 2 aromatic carbocycles. The fraction of sp³-hybridized carbons (Fsp3) is 0.0714. The molecule has 0 heterocycles. The van der Waals surface area contributed by atoms with E-state index in [-0.39, 0.29) is 16.0 Å². The van der Waals surface area contributed by atoms with Crippen LogP contribution in [0, 0.1) is 6.92 Å². The van der Waals surface area contributed by atoms with Gasteiger partial charge < -0.3 is 0 Å². The van der Waals surface area contributed by atoms with Crippen LogP contribution in [0.3, 0.4) is 0 Å². The normalized spacial score (nSPS) is 11.4. The van der Waals surface area contributed by atoms with Crippen LogP contribution < -0.4 is 0 Å². The molecule has 2 aromatic rings. The number of carbonyl (C=O) groups is 1. The van der Waals surface area contributed by atoms with Crippen molar-refractivity contribution in [3.05, 3.63) is 59.2 Å². The van der Waals surface area contributed by atoms with Crippen LogP contribution in [0.1, 0.15) is 21.5 Å². The number of benzene rings is 2. The van der Waals surface area contributed by atoms with Crippen molar-refractivity contribution in [3.63, 3.8) is 0 Å². The topological polar surface area (TPSA) is 110 Å². The van der Waals surface area contributed by atoms with Gasteiger partial charge in [-0.2, -0.15) is 8.42 Å². The Labute approximate surface area is 136 Å². The fourth-order valence-corrected chi connectivity index (χ4v) is 2.85. The zero-order chi connectivity index (χ0) is 17.0. The number of ketones is 1. The van der Waals surface area contributed by atoms with Gasteiger partial charge in [-0.15, -0.1) is 4.33 Å². The van der Waals surface area contributed by atoms with E-state index in [9.17, 15) is 13.2 Å². The van der Waals surface area contributed by atoms with Crippen LogP contribution in [0.5, 0.6) is 0 Å². The molecule has 0 saturated heterocycles. The van der Waals surface area contributed by atoms with Crippen molar-refractivity contribution in [2.45, 2.75) is 16.7 Å². The van der Waals surface area contributed by atoms with Gasteiger partial charge in [-0.25, -0.2) is 5.26 Å². The van der Waals surface area contributed by atoms with Gasteiger partial charge in [0.15, 0.2) is 5.78 Å². The van der Waals surface area contributed by atoms with Crippen LogP contribution in [0.15, 0.2) is 52.3 Å². The average molecular weight is 356 g/mol. The van der Waals surface area contributed by atoms with E-state index < -0.39 is 15.9 Å². The summed E-state index contributed by atoms with van der Waals surface area (Å²) in [5.74, 6) is -0.428. The molecule has 0 aliphatic heterocycles. The van der Waals surface area contributed by atoms with Gasteiger partial charge in [0.05, 0.1) is 16.9 Å². The maximum atomic E-state index is 12.5. The smallest absolute Gasteiger partial charge is 0.289 e. The predicted molar refractivity (Wildman–Crippen MR) is 81.5 cm³/mol. The predicted octanol–water partition coefficient (Wildman–Crippen LogP) is 2.90. The molecular weight excluding hydrogens is 344 g/mol. The molecule has 0 radical (unpaired) electrons. The number of aryl methyl sites for hydroxylation is 1. The Kier molecular flexibility index (Phi) is 5.52. The van der Waals surface area contributed by atoms with Crippen LogP contribution in [0.4, 0.5) is 0 Å². The third-order valence-corrected chi connectivity index (χ3v) is 4.60. The van der Waals surface area contributed by atoms with Gasteiger partial charge in [0.25, 0.3) is 10.1 Å². The first-order valence-corrected chi connectivity index (χ1v) is 8.39. The molecule has 9 heteroatoms. The Hall–Kier alpha value is -1.75. The van der Waals surface area contributed by atoms with Crippen molar-refractivity contribution < 1.29 is 32.4 Å². The summed E-state index contributed by atoms with van der Waals surface area (Å²) in [4.78, 5) is 12.6. The summed E-state index contributed by atoms with van der Waals surface area (Å²) in [6.45, 7) is 1.77. The van der Waals surface area contributed by atoms with E-state index in [0.29, 0.717) is 4.90 Å². The summed E-state index contributed by atoms with van der Waals surface area (Å²) < 4.78 is 35.7. The standard InChI is InChI=1S/C14H12O7S2/c1-9-5-6-11(8-13(9)22-21-20-16)14(15)10-3-2-4-12(7-10)23(17,18)19/h2-8,16H,1H3,(H,17,18,19). The van der Waals surface area contributed by atoms with Crippen molar-refractivity contribution in [1.82, 2.24) is 0 Å². The van der Waals surface area contributed by atoms with E-state index in [1.54, 1.807) is 19.1 Å². The van der Waals surface area contributed by atoms with Gasteiger partial charge in [0.2, 0.25) is 0 Å². The highest BCUT2D eigenvalue weighted by Crippen LogP contribution is 2.26. The molecule has 0 bridgehead atoms. The second kappa shape index (κ2) is 7.21. The van der Waals surface area contributed by atoms with Crippen LogP contribution >= 0.6 is 12.0 Å². The first kappa shape index (κ1) is 17.6. The number of hydrogen-bond acceptors (Lipinski definition) is 7. The van der Waals surface area contributed by atoms with Gasteiger partial charge in [-0.1, -0.05) is 29.3 Å². The molecule has 122 valence electrons. The quantitative estimate of drug-likeness (QED) is 0.267. The lowest BCUT2D eigenvalue weighted by Crippen LogP contribution is -2.05. The molecule has 0 aliphatic rings. The van der Waals surface area contributed by atoms with Gasteiger partial charge >= 0.3 is 0 Å². The van der Waals surface area contributed by atoms with Crippen molar-refractivity contribution in [1.29, 1.82) is 0 Å². The Morgan fingerprint density at radius 1 is 1.13 bits per heavy atom. The first-order chi connectivity index (χ1) is 10.8. The van der Waals surface area contributed by atoms with Crippen molar-refractivity contribution in [3.8, 4) is 0 Å². The van der Waals surface area contributed by atoms with Gasteiger partial charge in [-0.3, -0.25) is 9.35 Å². The van der Waals surface area contributed by atoms with Crippen LogP contribution in [0.2, 0.25) is 0 Å². The lowest BCUT2D eigenvalue weighted by Gasteiger charge is -2.07. The minimum Gasteiger partial charge on any atom is -0.289 e. The first-order valence-electron chi connectivity index (χ1n) is 6.20. The van der Waals surface area contributed by atoms with Crippen LogP contribution in [0.25, 0.3) is 0 Å². The Morgan fingerprint density at radius 2 is 1.83 bits per heavy atom. The lowest BCUT2D eigenvalue weighted by atomic mass is 10.0. The molecule has 0 spiro atoms. The Bertz CT molecular complexity index is 831. The monoisotopic (exact) mass is 356 g/mol. The third kappa shape index (κ3) is 4.38. The molecule has 2 N–H and O–H groups in total. The second-order valence-electron chi connectivity index (χ2n) is 4.54. The third-order valence-electron chi connectivity index (χ3n) is 3.00. The number of carbonyl (C=O) groups excluding carboxylic acids is 1. The molecule has 2 rings (SSSR count). The van der Waals surface area contributed by atoms with Crippen molar-refractivity contribution in [2.24, 2.45) is 0 Å². The van der Waals surface area contributed by atoms with Gasteiger partial charge in [0.1, 0.15) is 0 Å². The molecule has 0 unspecified atom stereocenters. The fourth-order valence-electron chi connectivity index (χ4n) is 1.85. The number of hydrogen-bond donors (Lipinski definition) is 2. The molecule has 0 fully saturated rings. The lowest BCUT2D eigenvalue weighted by molar-refractivity contribution is -0.432. The summed E-state index contributed by atoms with van der Waals surface area (Å²) in [6, 6.07) is 9.85. The molecule has 23 heavy (non-hydrogen) atoms. The van der Waals surface area contributed by atoms with Gasteiger partial charge in [0, 0.05) is 16.0 Å². The maximum Gasteiger partial charge on any atom is 0.294 e. The molecule has 0 amide bonds. The Morgan fingerprint density at radius 3 is 2.48 bits per heavy atom. The summed E-state index contributed by atoms with van der Waals surface area (Å²) in [5, 5.41) is 11.7. The Balaban J connectivity index is 2.37. The summed E-state index contributed by atoms with van der Waals surface area (Å²) in [5.41, 5.74) is 1.18. The highest BCUT2D eigenvalue weighted by molar-refractivity contribution is 7.94. The zero-order valence-corrected chi connectivity index (χ0v) is 13.4. The molecule has 7 nitrogen and oxygen atoms in total. The molecule has 0 atom stereocenters. The molecule has 0 aromatic heterocycles. The summed E-state index contributed by atoms with van der Waals surface area (Å²) in [7, 11) is -4.39. The second-order valence-corrected chi connectivity index (χ2v) is 6.70. The van der Waals surface area contributed by atoms with E-state index in [4.69, 9.17) is 9.81 Å². The minimum absolute atomic E-state index is 0.110. The zero-order valence-electron chi connectivity index (χ0n) is 11.8. The van der Waals surface area contributed by atoms with Crippen molar-refractivity contribution in [2.75, 3.05) is 0 Å². The van der Waals surface area contributed by atoms with E-state index >= 15 is 0 Å². The van der Waals surface area contributed by atoms with E-state index in [1.165, 1.54) is 24.3 Å². The van der Waals surface area contributed by atoms with E-state index in [1.807, 2.05) is 0 Å². The summed E-state index contributed by atoms with van der Waals surface area (Å²) in [6.07, 6.45) is 0. The average Bonchev–Trinajstić information content (AvgIpc) is 2.53. The SMILES string of the molecule is Cc1ccc(C(=O)c2cccc(S(=O)(=O)O)c2)cc1SOOO.